The molecular weight excluding hydrogens is 1240 g/mol. The smallest absolute Gasteiger partial charge is 0.726 e. The van der Waals surface area contributed by atoms with Gasteiger partial charge in [-0.15, -0.1) is 0 Å². The van der Waals surface area contributed by atoms with Gasteiger partial charge in [0.25, 0.3) is 0 Å². The van der Waals surface area contributed by atoms with Gasteiger partial charge in [-0.1, -0.05) is 324 Å². The molecule has 26 heteroatoms. The maximum atomic E-state index is 13.3. The van der Waals surface area contributed by atoms with Crippen molar-refractivity contribution in [3.8, 4) is 0 Å². The van der Waals surface area contributed by atoms with E-state index in [2.05, 4.69) is 38.8 Å². The fourth-order valence-electron chi connectivity index (χ4n) is 9.43. The maximum Gasteiger partial charge on any atom is 1.00 e. The summed E-state index contributed by atoms with van der Waals surface area (Å²) in [5.74, 6) is 0. The van der Waals surface area contributed by atoms with Crippen molar-refractivity contribution in [2.75, 3.05) is 33.0 Å². The van der Waals surface area contributed by atoms with Gasteiger partial charge in [0.05, 0.1) is 33.0 Å². The topological polar surface area (TPSA) is 277 Å². The third-order valence-electron chi connectivity index (χ3n) is 14.4. The molecule has 20 nitrogen and oxygen atoms in total. The molecule has 0 bridgehead atoms. The molecule has 87 heavy (non-hydrogen) atoms. The van der Waals surface area contributed by atoms with Crippen molar-refractivity contribution in [3.63, 3.8) is 0 Å². The van der Waals surface area contributed by atoms with Crippen LogP contribution >= 0.6 is 0 Å². The molecule has 0 saturated carbocycles. The molecule has 0 rings (SSSR count). The monoisotopic (exact) mass is 1360 g/mol. The van der Waals surface area contributed by atoms with Crippen LogP contribution in [-0.4, -0.2) is 85.8 Å². The molecule has 0 aliphatic carbocycles. The van der Waals surface area contributed by atoms with Crippen LogP contribution in [0.3, 0.4) is 0 Å². The van der Waals surface area contributed by atoms with Gasteiger partial charge in [-0.25, -0.2) is 25.2 Å². The summed E-state index contributed by atoms with van der Waals surface area (Å²) in [4.78, 5) is 0. The Morgan fingerprint density at radius 3 is 0.483 bits per heavy atom. The summed E-state index contributed by atoms with van der Waals surface area (Å²) >= 11 is 0. The van der Waals surface area contributed by atoms with Crippen LogP contribution in [0.1, 0.15) is 356 Å². The number of hydrogen-bond donors (Lipinski definition) is 0. The summed E-state index contributed by atoms with van der Waals surface area (Å²) in [6.45, 7) is 8.93. The average Bonchev–Trinajstić information content (AvgIpc) is 2.35. The van der Waals surface area contributed by atoms with Gasteiger partial charge in [-0.3, -0.25) is 4.18 Å². The van der Waals surface area contributed by atoms with E-state index in [4.69, 9.17) is 33.5 Å². The van der Waals surface area contributed by atoms with Crippen molar-refractivity contribution in [1.82, 2.24) is 0 Å². The third-order valence-corrected chi connectivity index (χ3v) is 18.4. The standard InChI is InChI=1S/C49H100O16S4.C12H26O4S.Na/c1-5-9-13-17-21-25-29-33-37-41-45-58-66(50,51)62-49(63-67(52,53)59-46-42-38-34-30-26-22-18-14-10-6-2,64-68(54,55)60-47-43-39-35-31-27-23-19-15-11-7-3)65-69(56,57)61-48-44-40-36-32-28-24-20-16-12-8-4;1-2-3-4-5-6-7-8-9-10-11-12-16-17(13,14)15;/h5-48H2,1-4H3;2-12H2,1H3,(H,13,14,15);/q;;+1/p-1. The molecular formula is C61H125NaO20S5. The van der Waals surface area contributed by atoms with Crippen LogP contribution in [0, 0.1) is 0 Å². The largest absolute Gasteiger partial charge is 1.00 e. The van der Waals surface area contributed by atoms with Crippen molar-refractivity contribution in [1.29, 1.82) is 0 Å². The molecule has 0 atom stereocenters. The van der Waals surface area contributed by atoms with Crippen LogP contribution < -0.4 is 29.6 Å². The summed E-state index contributed by atoms with van der Waals surface area (Å²) in [5, 5.41) is 0. The van der Waals surface area contributed by atoms with Gasteiger partial charge in [0.2, 0.25) is 10.4 Å². The first-order valence-electron chi connectivity index (χ1n) is 34.1. The first-order valence-corrected chi connectivity index (χ1v) is 40.8. The van der Waals surface area contributed by atoms with Crippen LogP contribution in [0.15, 0.2) is 0 Å². The van der Waals surface area contributed by atoms with Gasteiger partial charge in [0.15, 0.2) is 0 Å². The molecule has 0 aliphatic heterocycles. The van der Waals surface area contributed by atoms with E-state index in [0.717, 1.165) is 167 Å². The minimum Gasteiger partial charge on any atom is -0.726 e. The maximum absolute atomic E-state index is 13.3. The van der Waals surface area contributed by atoms with E-state index in [1.165, 1.54) is 96.3 Å². The second kappa shape index (κ2) is 62.5. The van der Waals surface area contributed by atoms with Crippen molar-refractivity contribution >= 4 is 52.0 Å². The second-order valence-corrected chi connectivity index (χ2v) is 28.8. The van der Waals surface area contributed by atoms with Gasteiger partial charge < -0.3 is 4.55 Å². The minimum absolute atomic E-state index is 0. The van der Waals surface area contributed by atoms with E-state index >= 15 is 0 Å². The second-order valence-electron chi connectivity index (χ2n) is 22.9. The normalized spacial score (nSPS) is 12.6. The Bertz CT molecular complexity index is 1810. The molecule has 0 fully saturated rings. The van der Waals surface area contributed by atoms with Crippen LogP contribution in [0.25, 0.3) is 0 Å². The van der Waals surface area contributed by atoms with Crippen LogP contribution in [0.2, 0.25) is 0 Å². The molecule has 0 aromatic carbocycles. The number of rotatable bonds is 68. The zero-order valence-corrected chi connectivity index (χ0v) is 61.7. The summed E-state index contributed by atoms with van der Waals surface area (Å²) in [7, 11) is -26.6. The average molecular weight is 1360 g/mol. The van der Waals surface area contributed by atoms with Crippen molar-refractivity contribution in [3.05, 3.63) is 0 Å². The summed E-state index contributed by atoms with van der Waals surface area (Å²) in [6.07, 6.45) is 44.6. The quantitative estimate of drug-likeness (QED) is 0.0180. The minimum atomic E-state index is -5.54. The molecule has 0 amide bonds. The summed E-state index contributed by atoms with van der Waals surface area (Å²) < 4.78 is 180. The van der Waals surface area contributed by atoms with Crippen LogP contribution in [0.4, 0.5) is 0 Å². The number of hydrogen-bond acceptors (Lipinski definition) is 20. The summed E-state index contributed by atoms with van der Waals surface area (Å²) in [6, 6.07) is 0. The molecule has 0 aliphatic rings. The Kier molecular flexibility index (Phi) is 65.7. The number of unbranched alkanes of at least 4 members (excludes halogenated alkanes) is 45. The third kappa shape index (κ3) is 69.0. The predicted octanol–water partition coefficient (Wildman–Crippen LogP) is 14.8. The van der Waals surface area contributed by atoms with Crippen molar-refractivity contribution < 1.29 is 114 Å². The molecule has 0 N–H and O–H groups in total. The van der Waals surface area contributed by atoms with E-state index in [9.17, 15) is 46.6 Å². The van der Waals surface area contributed by atoms with E-state index in [1.807, 2.05) is 0 Å². The van der Waals surface area contributed by atoms with Crippen LogP contribution in [0.5, 0.6) is 0 Å². The Hall–Kier alpha value is 0.350. The molecule has 520 valence electrons. The van der Waals surface area contributed by atoms with E-state index < -0.39 is 84.6 Å². The zero-order chi connectivity index (χ0) is 64.3. The summed E-state index contributed by atoms with van der Waals surface area (Å²) in [5.41, 5.74) is 0. The fraction of sp³-hybridized carbons (Fsp3) is 1.00. The molecule has 0 heterocycles. The van der Waals surface area contributed by atoms with Crippen molar-refractivity contribution in [2.24, 2.45) is 0 Å². The Morgan fingerprint density at radius 2 is 0.345 bits per heavy atom. The molecule has 0 aromatic rings. The van der Waals surface area contributed by atoms with E-state index in [-0.39, 0.29) is 61.8 Å². The molecule has 0 aromatic heterocycles. The fourth-order valence-corrected chi connectivity index (χ4v) is 12.9. The van der Waals surface area contributed by atoms with Crippen LogP contribution in [-0.2, 0) is 89.6 Å². The van der Waals surface area contributed by atoms with Gasteiger partial charge in [0.1, 0.15) is 0 Å². The van der Waals surface area contributed by atoms with E-state index in [0.29, 0.717) is 32.1 Å². The van der Waals surface area contributed by atoms with Gasteiger partial charge in [0, 0.05) is 0 Å². The molecule has 0 spiro atoms. The Balaban J connectivity index is -0.00000337. The van der Waals surface area contributed by atoms with Gasteiger partial charge >= 0.3 is 77.3 Å². The molecule has 0 saturated heterocycles. The SMILES string of the molecule is CCCCCCCCCCCCOS(=O)(=O)OC(OS(=O)(=O)OCCCCCCCCCCCC)(OS(=O)(=O)OCCCCCCCCCCCC)OS(=O)(=O)OCCCCCCCCCCCC.CCCCCCCCCCCCOS(=O)(=O)[O-].[Na+]. The van der Waals surface area contributed by atoms with E-state index in [1.54, 1.807) is 0 Å². The van der Waals surface area contributed by atoms with Gasteiger partial charge in [-0.2, -0.15) is 50.4 Å². The van der Waals surface area contributed by atoms with Crippen molar-refractivity contribution in [2.45, 2.75) is 362 Å². The first kappa shape index (κ1) is 91.5. The molecule has 0 radical (unpaired) electrons. The first-order chi connectivity index (χ1) is 41.1. The Morgan fingerprint density at radius 1 is 0.218 bits per heavy atom. The Labute approximate surface area is 556 Å². The van der Waals surface area contributed by atoms with Gasteiger partial charge in [-0.05, 0) is 32.1 Å². The zero-order valence-electron chi connectivity index (χ0n) is 55.6. The predicted molar refractivity (Wildman–Crippen MR) is 341 cm³/mol. The molecule has 0 unspecified atom stereocenters.